The summed E-state index contributed by atoms with van der Waals surface area (Å²) in [6, 6.07) is 11.2. The zero-order chi connectivity index (χ0) is 16.8. The summed E-state index contributed by atoms with van der Waals surface area (Å²) in [7, 11) is 0. The third kappa shape index (κ3) is 4.04. The lowest BCUT2D eigenvalue weighted by molar-refractivity contribution is 0.171. The molecule has 2 aromatic rings. The van der Waals surface area contributed by atoms with E-state index in [1.807, 2.05) is 30.3 Å². The van der Waals surface area contributed by atoms with Crippen LogP contribution < -0.4 is 18.9 Å². The van der Waals surface area contributed by atoms with Crippen LogP contribution in [0.25, 0.3) is 0 Å². The largest absolute Gasteiger partial charge is 0.486 e. The van der Waals surface area contributed by atoms with Crippen LogP contribution in [-0.4, -0.2) is 31.5 Å². The van der Waals surface area contributed by atoms with Crippen molar-refractivity contribution in [3.63, 3.8) is 0 Å². The van der Waals surface area contributed by atoms with E-state index in [4.69, 9.17) is 35.7 Å². The zero-order valence-electron chi connectivity index (χ0n) is 13.2. The van der Waals surface area contributed by atoms with E-state index in [2.05, 4.69) is 0 Å². The monoisotopic (exact) mass is 350 g/mol. The Morgan fingerprint density at radius 3 is 1.67 bits per heavy atom. The lowest BCUT2D eigenvalue weighted by atomic mass is 10.2. The summed E-state index contributed by atoms with van der Waals surface area (Å²) in [5, 5.41) is 8.84. The third-order valence-corrected chi connectivity index (χ3v) is 3.86. The van der Waals surface area contributed by atoms with Crippen LogP contribution in [0.5, 0.6) is 23.0 Å². The fraction of sp³-hybridized carbons (Fsp3) is 0.333. The summed E-state index contributed by atoms with van der Waals surface area (Å²) in [6.45, 7) is 2.48. The second-order valence-corrected chi connectivity index (χ2v) is 5.52. The SMILES string of the molecule is ClCc1ccc2c(c1)OCCO2.OCc1ccc2c(c1)OCCO2. The van der Waals surface area contributed by atoms with Gasteiger partial charge in [-0.2, -0.15) is 0 Å². The van der Waals surface area contributed by atoms with Crippen molar-refractivity contribution in [1.29, 1.82) is 0 Å². The number of hydrogen-bond donors (Lipinski definition) is 1. The molecule has 0 saturated carbocycles. The number of alkyl halides is 1. The molecular formula is C18H19ClO5. The smallest absolute Gasteiger partial charge is 0.161 e. The number of aliphatic hydroxyl groups excluding tert-OH is 1. The van der Waals surface area contributed by atoms with Gasteiger partial charge in [-0.3, -0.25) is 0 Å². The standard InChI is InChI=1S/C9H9ClO2.C9H10O3/c2*10-6-7-1-2-8-9(5-7)12-4-3-11-8/h1-2,5H,3-4,6H2;1-2,5,10H,3-4,6H2. The highest BCUT2D eigenvalue weighted by atomic mass is 35.5. The van der Waals surface area contributed by atoms with Crippen molar-refractivity contribution in [2.24, 2.45) is 0 Å². The molecule has 1 N–H and O–H groups in total. The number of aliphatic hydroxyl groups is 1. The third-order valence-electron chi connectivity index (χ3n) is 3.55. The van der Waals surface area contributed by atoms with Gasteiger partial charge in [0.05, 0.1) is 6.61 Å². The van der Waals surface area contributed by atoms with Crippen molar-refractivity contribution in [2.45, 2.75) is 12.5 Å². The minimum atomic E-state index is 0.0383. The maximum atomic E-state index is 8.84. The molecule has 2 aliphatic heterocycles. The van der Waals surface area contributed by atoms with E-state index in [0.717, 1.165) is 34.1 Å². The van der Waals surface area contributed by atoms with Crippen LogP contribution in [0.2, 0.25) is 0 Å². The van der Waals surface area contributed by atoms with Crippen molar-refractivity contribution >= 4 is 11.6 Å². The molecule has 6 heteroatoms. The van der Waals surface area contributed by atoms with Crippen LogP contribution in [-0.2, 0) is 12.5 Å². The maximum absolute atomic E-state index is 8.84. The fourth-order valence-corrected chi connectivity index (χ4v) is 2.52. The predicted molar refractivity (Wildman–Crippen MR) is 90.3 cm³/mol. The van der Waals surface area contributed by atoms with Crippen LogP contribution in [0, 0.1) is 0 Å². The Hall–Kier alpha value is -2.11. The van der Waals surface area contributed by atoms with E-state index >= 15 is 0 Å². The Kier molecular flexibility index (Phi) is 5.67. The molecule has 0 saturated heterocycles. The van der Waals surface area contributed by atoms with Gasteiger partial charge >= 0.3 is 0 Å². The zero-order valence-corrected chi connectivity index (χ0v) is 13.9. The molecule has 0 bridgehead atoms. The number of halogens is 1. The van der Waals surface area contributed by atoms with E-state index in [1.54, 1.807) is 6.07 Å². The Morgan fingerprint density at radius 1 is 0.708 bits per heavy atom. The topological polar surface area (TPSA) is 57.2 Å². The van der Waals surface area contributed by atoms with Gasteiger partial charge in [-0.1, -0.05) is 12.1 Å². The molecule has 5 nitrogen and oxygen atoms in total. The van der Waals surface area contributed by atoms with Gasteiger partial charge in [0.1, 0.15) is 26.4 Å². The van der Waals surface area contributed by atoms with Gasteiger partial charge in [-0.15, -0.1) is 11.6 Å². The van der Waals surface area contributed by atoms with Crippen molar-refractivity contribution < 1.29 is 24.1 Å². The molecule has 0 aliphatic carbocycles. The molecule has 0 spiro atoms. The first-order valence-electron chi connectivity index (χ1n) is 7.74. The van der Waals surface area contributed by atoms with Crippen LogP contribution in [0.1, 0.15) is 11.1 Å². The first kappa shape index (κ1) is 16.7. The van der Waals surface area contributed by atoms with Crippen LogP contribution >= 0.6 is 11.6 Å². The summed E-state index contributed by atoms with van der Waals surface area (Å²) in [5.74, 6) is 3.62. The van der Waals surface area contributed by atoms with E-state index < -0.39 is 0 Å². The minimum absolute atomic E-state index is 0.0383. The summed E-state index contributed by atoms with van der Waals surface area (Å²) in [5.41, 5.74) is 1.90. The minimum Gasteiger partial charge on any atom is -0.486 e. The van der Waals surface area contributed by atoms with Gasteiger partial charge in [0, 0.05) is 5.88 Å². The Bertz CT molecular complexity index is 630. The van der Waals surface area contributed by atoms with Gasteiger partial charge in [0.15, 0.2) is 23.0 Å². The molecule has 0 atom stereocenters. The molecule has 24 heavy (non-hydrogen) atoms. The molecule has 0 fully saturated rings. The number of ether oxygens (including phenoxy) is 4. The second kappa shape index (κ2) is 8.13. The van der Waals surface area contributed by atoms with Crippen molar-refractivity contribution in [2.75, 3.05) is 26.4 Å². The molecule has 128 valence electrons. The van der Waals surface area contributed by atoms with Crippen molar-refractivity contribution in [1.82, 2.24) is 0 Å². The molecular weight excluding hydrogens is 332 g/mol. The highest BCUT2D eigenvalue weighted by molar-refractivity contribution is 6.17. The first-order chi connectivity index (χ1) is 11.8. The fourth-order valence-electron chi connectivity index (χ4n) is 2.36. The highest BCUT2D eigenvalue weighted by Gasteiger charge is 2.11. The maximum Gasteiger partial charge on any atom is 0.161 e. The lowest BCUT2D eigenvalue weighted by Crippen LogP contribution is -2.15. The normalized spacial score (nSPS) is 14.4. The summed E-state index contributed by atoms with van der Waals surface area (Å²) in [6.07, 6.45) is 0. The van der Waals surface area contributed by atoms with Gasteiger partial charge in [0.25, 0.3) is 0 Å². The lowest BCUT2D eigenvalue weighted by Gasteiger charge is -2.18. The van der Waals surface area contributed by atoms with Crippen molar-refractivity contribution in [3.8, 4) is 23.0 Å². The second-order valence-electron chi connectivity index (χ2n) is 5.25. The van der Waals surface area contributed by atoms with E-state index in [1.165, 1.54) is 0 Å². The van der Waals surface area contributed by atoms with Gasteiger partial charge in [0.2, 0.25) is 0 Å². The molecule has 0 aromatic heterocycles. The molecule has 2 aliphatic rings. The molecule has 2 aromatic carbocycles. The Morgan fingerprint density at radius 2 is 1.17 bits per heavy atom. The van der Waals surface area contributed by atoms with Crippen molar-refractivity contribution in [3.05, 3.63) is 47.5 Å². The quantitative estimate of drug-likeness (QED) is 0.843. The van der Waals surface area contributed by atoms with Crippen LogP contribution in [0.15, 0.2) is 36.4 Å². The Labute approximate surface area is 145 Å². The summed E-state index contributed by atoms with van der Waals surface area (Å²) in [4.78, 5) is 0. The van der Waals surface area contributed by atoms with E-state index in [-0.39, 0.29) is 6.61 Å². The molecule has 0 amide bonds. The number of hydrogen-bond acceptors (Lipinski definition) is 5. The van der Waals surface area contributed by atoms with Gasteiger partial charge < -0.3 is 24.1 Å². The summed E-state index contributed by atoms with van der Waals surface area (Å²) < 4.78 is 21.4. The van der Waals surface area contributed by atoms with Gasteiger partial charge in [-0.05, 0) is 35.4 Å². The number of fused-ring (bicyclic) bond motifs is 2. The molecule has 2 heterocycles. The Balaban J connectivity index is 0.000000141. The number of rotatable bonds is 2. The first-order valence-corrected chi connectivity index (χ1v) is 8.27. The van der Waals surface area contributed by atoms with E-state index in [0.29, 0.717) is 32.3 Å². The summed E-state index contributed by atoms with van der Waals surface area (Å²) >= 11 is 5.67. The average molecular weight is 351 g/mol. The molecule has 0 unspecified atom stereocenters. The predicted octanol–water partition coefficient (Wildman–Crippen LogP) is 3.15. The number of benzene rings is 2. The molecule has 4 rings (SSSR count). The van der Waals surface area contributed by atoms with Gasteiger partial charge in [-0.25, -0.2) is 0 Å². The molecule has 0 radical (unpaired) electrons. The van der Waals surface area contributed by atoms with E-state index in [9.17, 15) is 0 Å². The van der Waals surface area contributed by atoms with Crippen LogP contribution in [0.4, 0.5) is 0 Å². The van der Waals surface area contributed by atoms with Crippen LogP contribution in [0.3, 0.4) is 0 Å². The average Bonchev–Trinajstić information content (AvgIpc) is 2.67. The highest BCUT2D eigenvalue weighted by Crippen LogP contribution is 2.31.